The highest BCUT2D eigenvalue weighted by Crippen LogP contribution is 2.01. The summed E-state index contributed by atoms with van der Waals surface area (Å²) in [6.45, 7) is 0.702. The van der Waals surface area contributed by atoms with Crippen molar-refractivity contribution < 1.29 is 4.79 Å². The van der Waals surface area contributed by atoms with Gasteiger partial charge in [-0.3, -0.25) is 4.79 Å². The second-order valence-electron chi connectivity index (χ2n) is 3.25. The van der Waals surface area contributed by atoms with Gasteiger partial charge in [0, 0.05) is 13.0 Å². The first-order valence-electron chi connectivity index (χ1n) is 4.96. The predicted molar refractivity (Wildman–Crippen MR) is 58.3 cm³/mol. The Labute approximate surface area is 93.5 Å². The molecule has 1 aromatic heterocycles. The van der Waals surface area contributed by atoms with Crippen molar-refractivity contribution in [1.82, 2.24) is 9.97 Å². The first kappa shape index (κ1) is 11.9. The number of nitrogens with two attached hydrogens (primary N) is 1. The van der Waals surface area contributed by atoms with Crippen LogP contribution in [0.5, 0.6) is 0 Å². The van der Waals surface area contributed by atoms with Crippen LogP contribution in [-0.4, -0.2) is 22.4 Å². The number of hydrogen-bond donors (Lipinski definition) is 2. The van der Waals surface area contributed by atoms with Crippen LogP contribution in [0, 0.1) is 11.3 Å². The van der Waals surface area contributed by atoms with Gasteiger partial charge in [-0.1, -0.05) is 0 Å². The van der Waals surface area contributed by atoms with Gasteiger partial charge in [-0.15, -0.1) is 0 Å². The van der Waals surface area contributed by atoms with Crippen LogP contribution in [0.2, 0.25) is 0 Å². The van der Waals surface area contributed by atoms with Crippen molar-refractivity contribution in [2.45, 2.75) is 19.3 Å². The molecule has 16 heavy (non-hydrogen) atoms. The smallest absolute Gasteiger partial charge is 0.217 e. The van der Waals surface area contributed by atoms with E-state index in [9.17, 15) is 4.79 Å². The second-order valence-corrected chi connectivity index (χ2v) is 3.25. The molecule has 0 fully saturated rings. The van der Waals surface area contributed by atoms with Crippen LogP contribution in [-0.2, 0) is 4.79 Å². The Morgan fingerprint density at radius 2 is 2.25 bits per heavy atom. The number of unbranched alkanes of at least 4 members (excludes halogenated alkanes) is 1. The maximum absolute atomic E-state index is 10.5. The van der Waals surface area contributed by atoms with Crippen molar-refractivity contribution in [2.75, 3.05) is 11.9 Å². The first-order valence-corrected chi connectivity index (χ1v) is 4.96. The molecule has 0 unspecified atom stereocenters. The minimum Gasteiger partial charge on any atom is -0.370 e. The van der Waals surface area contributed by atoms with E-state index < -0.39 is 0 Å². The van der Waals surface area contributed by atoms with Crippen LogP contribution < -0.4 is 11.1 Å². The molecule has 0 aliphatic rings. The normalized spacial score (nSPS) is 9.44. The Morgan fingerprint density at radius 1 is 1.44 bits per heavy atom. The Kier molecular flexibility index (Phi) is 4.73. The molecule has 0 spiro atoms. The summed E-state index contributed by atoms with van der Waals surface area (Å²) in [6, 6.07) is 1.89. The molecular weight excluding hydrogens is 206 g/mol. The molecule has 84 valence electrons. The number of carbonyl (C=O) groups is 1. The summed E-state index contributed by atoms with van der Waals surface area (Å²) < 4.78 is 0. The number of carbonyl (C=O) groups excluding carboxylic acids is 1. The monoisotopic (exact) mass is 219 g/mol. The van der Waals surface area contributed by atoms with Crippen molar-refractivity contribution in [2.24, 2.45) is 5.73 Å². The van der Waals surface area contributed by atoms with Gasteiger partial charge in [-0.2, -0.15) is 5.26 Å². The minimum absolute atomic E-state index is 0.279. The van der Waals surface area contributed by atoms with E-state index in [1.54, 1.807) is 0 Å². The number of aromatic nitrogens is 2. The molecule has 0 aliphatic carbocycles. The summed E-state index contributed by atoms with van der Waals surface area (Å²) in [5, 5.41) is 11.5. The highest BCUT2D eigenvalue weighted by molar-refractivity contribution is 5.73. The van der Waals surface area contributed by atoms with Gasteiger partial charge in [0.15, 0.2) is 5.69 Å². The maximum atomic E-state index is 10.5. The summed E-state index contributed by atoms with van der Waals surface area (Å²) in [5.74, 6) is 0.344. The number of hydrogen-bond acceptors (Lipinski definition) is 5. The zero-order valence-electron chi connectivity index (χ0n) is 8.81. The Morgan fingerprint density at radius 3 is 2.81 bits per heavy atom. The maximum Gasteiger partial charge on any atom is 0.217 e. The van der Waals surface area contributed by atoms with Crippen molar-refractivity contribution >= 4 is 11.7 Å². The van der Waals surface area contributed by atoms with Crippen LogP contribution >= 0.6 is 0 Å². The van der Waals surface area contributed by atoms with Crippen LogP contribution in [0.15, 0.2) is 12.4 Å². The van der Waals surface area contributed by atoms with Gasteiger partial charge in [0.1, 0.15) is 11.9 Å². The zero-order valence-corrected chi connectivity index (χ0v) is 8.81. The third kappa shape index (κ3) is 4.37. The lowest BCUT2D eigenvalue weighted by Crippen LogP contribution is -2.11. The number of nitrogens with zero attached hydrogens (tertiary/aromatic N) is 3. The average Bonchev–Trinajstić information content (AvgIpc) is 2.29. The molecule has 0 radical (unpaired) electrons. The van der Waals surface area contributed by atoms with Gasteiger partial charge in [0.05, 0.1) is 12.4 Å². The number of anilines is 1. The van der Waals surface area contributed by atoms with E-state index in [1.165, 1.54) is 12.4 Å². The Bertz CT molecular complexity index is 381. The van der Waals surface area contributed by atoms with Crippen LogP contribution in [0.3, 0.4) is 0 Å². The van der Waals surface area contributed by atoms with Gasteiger partial charge >= 0.3 is 0 Å². The van der Waals surface area contributed by atoms with E-state index in [2.05, 4.69) is 15.3 Å². The number of nitriles is 1. The predicted octanol–water partition coefficient (Wildman–Crippen LogP) is 0.416. The summed E-state index contributed by atoms with van der Waals surface area (Å²) >= 11 is 0. The largest absolute Gasteiger partial charge is 0.370 e. The van der Waals surface area contributed by atoms with E-state index in [1.807, 2.05) is 6.07 Å². The molecule has 0 aromatic carbocycles. The van der Waals surface area contributed by atoms with Gasteiger partial charge in [0.2, 0.25) is 5.91 Å². The van der Waals surface area contributed by atoms with Crippen molar-refractivity contribution in [3.05, 3.63) is 18.1 Å². The summed E-state index contributed by atoms with van der Waals surface area (Å²) in [4.78, 5) is 18.3. The Balaban J connectivity index is 2.22. The summed E-state index contributed by atoms with van der Waals surface area (Å²) in [6.07, 6.45) is 4.91. The summed E-state index contributed by atoms with van der Waals surface area (Å²) in [5.41, 5.74) is 5.30. The number of primary amides is 1. The van der Waals surface area contributed by atoms with E-state index in [-0.39, 0.29) is 5.91 Å². The van der Waals surface area contributed by atoms with E-state index >= 15 is 0 Å². The first-order chi connectivity index (χ1) is 7.72. The van der Waals surface area contributed by atoms with Crippen molar-refractivity contribution in [3.63, 3.8) is 0 Å². The fraction of sp³-hybridized carbons (Fsp3) is 0.400. The fourth-order valence-corrected chi connectivity index (χ4v) is 1.12. The van der Waals surface area contributed by atoms with Gasteiger partial charge in [0.25, 0.3) is 0 Å². The molecule has 0 saturated heterocycles. The second kappa shape index (κ2) is 6.35. The molecule has 1 amide bonds. The van der Waals surface area contributed by atoms with Gasteiger partial charge < -0.3 is 11.1 Å². The Hall–Kier alpha value is -2.16. The van der Waals surface area contributed by atoms with Crippen molar-refractivity contribution in [1.29, 1.82) is 5.26 Å². The average molecular weight is 219 g/mol. The lowest BCUT2D eigenvalue weighted by molar-refractivity contribution is -0.118. The minimum atomic E-state index is -0.279. The molecule has 0 aliphatic heterocycles. The van der Waals surface area contributed by atoms with Crippen LogP contribution in [0.25, 0.3) is 0 Å². The molecular formula is C10H13N5O. The lowest BCUT2D eigenvalue weighted by atomic mass is 10.2. The van der Waals surface area contributed by atoms with Crippen molar-refractivity contribution in [3.8, 4) is 6.07 Å². The third-order valence-electron chi connectivity index (χ3n) is 1.92. The quantitative estimate of drug-likeness (QED) is 0.674. The molecule has 0 atom stereocenters. The molecule has 0 saturated carbocycles. The van der Waals surface area contributed by atoms with Crippen LogP contribution in [0.4, 0.5) is 5.82 Å². The topological polar surface area (TPSA) is 105 Å². The number of rotatable bonds is 6. The molecule has 1 rings (SSSR count). The molecule has 6 nitrogen and oxygen atoms in total. The van der Waals surface area contributed by atoms with E-state index in [0.717, 1.165) is 12.8 Å². The molecule has 1 aromatic rings. The SMILES string of the molecule is N#Cc1cnc(NCCCCC(N)=O)cn1. The van der Waals surface area contributed by atoms with E-state index in [4.69, 9.17) is 11.0 Å². The number of amides is 1. The molecule has 3 N–H and O–H groups in total. The summed E-state index contributed by atoms with van der Waals surface area (Å²) in [7, 11) is 0. The number of nitrogens with one attached hydrogen (secondary N) is 1. The molecule has 6 heteroatoms. The third-order valence-corrected chi connectivity index (χ3v) is 1.92. The van der Waals surface area contributed by atoms with Gasteiger partial charge in [-0.05, 0) is 12.8 Å². The highest BCUT2D eigenvalue weighted by atomic mass is 16.1. The zero-order chi connectivity index (χ0) is 11.8. The van der Waals surface area contributed by atoms with Gasteiger partial charge in [-0.25, -0.2) is 9.97 Å². The highest BCUT2D eigenvalue weighted by Gasteiger charge is 1.97. The van der Waals surface area contributed by atoms with E-state index in [0.29, 0.717) is 24.5 Å². The standard InChI is InChI=1S/C10H13N5O/c11-5-8-6-15-10(7-14-8)13-4-2-1-3-9(12)16/h6-7H,1-4H2,(H2,12,16)(H,13,15). The molecule has 1 heterocycles. The fourth-order valence-electron chi connectivity index (χ4n) is 1.12. The lowest BCUT2D eigenvalue weighted by Gasteiger charge is -2.03. The van der Waals surface area contributed by atoms with Crippen LogP contribution in [0.1, 0.15) is 25.0 Å². The molecule has 0 bridgehead atoms.